The van der Waals surface area contributed by atoms with Crippen LogP contribution in [-0.4, -0.2) is 23.9 Å². The van der Waals surface area contributed by atoms with Crippen LogP contribution < -0.4 is 0 Å². The second kappa shape index (κ2) is 1.96. The summed E-state index contributed by atoms with van der Waals surface area (Å²) in [6, 6.07) is 0. The molecule has 2 fully saturated rings. The van der Waals surface area contributed by atoms with Gasteiger partial charge in [0, 0.05) is 6.61 Å². The number of hydrogen-bond acceptors (Lipinski definition) is 2. The smallest absolute Gasteiger partial charge is 0.0845 e. The van der Waals surface area contributed by atoms with Gasteiger partial charge in [0.05, 0.1) is 12.2 Å². The Morgan fingerprint density at radius 2 is 2.22 bits per heavy atom. The Hall–Kier alpha value is -0.0800. The predicted molar refractivity (Wildman–Crippen MR) is 33.1 cm³/mol. The van der Waals surface area contributed by atoms with E-state index in [-0.39, 0.29) is 0 Å². The lowest BCUT2D eigenvalue weighted by Crippen LogP contribution is -2.16. The van der Waals surface area contributed by atoms with Gasteiger partial charge in [-0.1, -0.05) is 0 Å². The van der Waals surface area contributed by atoms with Crippen molar-refractivity contribution >= 4 is 0 Å². The third kappa shape index (κ3) is 0.970. The zero-order valence-electron chi connectivity index (χ0n) is 5.42. The van der Waals surface area contributed by atoms with Crippen molar-refractivity contribution in [1.29, 1.82) is 0 Å². The van der Waals surface area contributed by atoms with E-state index in [1.807, 2.05) is 0 Å². The highest BCUT2D eigenvalue weighted by molar-refractivity contribution is 4.91. The molecular formula is C7H12O2. The maximum absolute atomic E-state index is 8.77. The Kier molecular flexibility index (Phi) is 1.24. The van der Waals surface area contributed by atoms with Gasteiger partial charge in [-0.15, -0.1) is 0 Å². The van der Waals surface area contributed by atoms with Crippen LogP contribution in [0.15, 0.2) is 0 Å². The van der Waals surface area contributed by atoms with Crippen molar-refractivity contribution in [2.75, 3.05) is 6.61 Å². The maximum Gasteiger partial charge on any atom is 0.0845 e. The van der Waals surface area contributed by atoms with Crippen LogP contribution in [0.4, 0.5) is 0 Å². The van der Waals surface area contributed by atoms with Crippen molar-refractivity contribution in [2.45, 2.75) is 31.5 Å². The molecule has 3 atom stereocenters. The number of rotatable bonds is 1. The summed E-state index contributed by atoms with van der Waals surface area (Å²) >= 11 is 0. The van der Waals surface area contributed by atoms with E-state index in [9.17, 15) is 0 Å². The molecular weight excluding hydrogens is 116 g/mol. The normalized spacial score (nSPS) is 48.3. The fourth-order valence-corrected chi connectivity index (χ4v) is 1.65. The van der Waals surface area contributed by atoms with Crippen molar-refractivity contribution in [3.63, 3.8) is 0 Å². The third-order valence-electron chi connectivity index (χ3n) is 2.37. The van der Waals surface area contributed by atoms with Crippen LogP contribution in [0.1, 0.15) is 19.3 Å². The average molecular weight is 128 g/mol. The molecule has 1 aliphatic heterocycles. The molecule has 2 aliphatic rings. The minimum absolute atomic E-state index is 0.354. The standard InChI is InChI=1S/C7H12O2/c8-4-5-1-2-6-7(3-5)9-6/h5-8H,1-4H2/t5-,6?,7?/m1/s1. The lowest BCUT2D eigenvalue weighted by molar-refractivity contribution is 0.197. The summed E-state index contributed by atoms with van der Waals surface area (Å²) in [6.45, 7) is 0.354. The Bertz CT molecular complexity index is 113. The first kappa shape index (κ1) is 5.69. The molecule has 9 heavy (non-hydrogen) atoms. The van der Waals surface area contributed by atoms with E-state index in [2.05, 4.69) is 0 Å². The first-order chi connectivity index (χ1) is 4.40. The molecule has 0 radical (unpaired) electrons. The number of aliphatic hydroxyl groups excluding tert-OH is 1. The van der Waals surface area contributed by atoms with Crippen LogP contribution in [0.25, 0.3) is 0 Å². The molecule has 52 valence electrons. The lowest BCUT2D eigenvalue weighted by Gasteiger charge is -2.14. The largest absolute Gasteiger partial charge is 0.396 e. The van der Waals surface area contributed by atoms with Gasteiger partial charge in [0.15, 0.2) is 0 Å². The number of ether oxygens (including phenoxy) is 1. The van der Waals surface area contributed by atoms with Crippen molar-refractivity contribution in [2.24, 2.45) is 5.92 Å². The molecule has 0 spiro atoms. The van der Waals surface area contributed by atoms with Gasteiger partial charge in [0.25, 0.3) is 0 Å². The lowest BCUT2D eigenvalue weighted by atomic mass is 9.90. The van der Waals surface area contributed by atoms with Gasteiger partial charge in [-0.3, -0.25) is 0 Å². The van der Waals surface area contributed by atoms with Gasteiger partial charge >= 0.3 is 0 Å². The summed E-state index contributed by atoms with van der Waals surface area (Å²) in [5.74, 6) is 0.536. The zero-order valence-corrected chi connectivity index (χ0v) is 5.42. The minimum Gasteiger partial charge on any atom is -0.396 e. The molecule has 0 amide bonds. The van der Waals surface area contributed by atoms with E-state index in [1.54, 1.807) is 0 Å². The van der Waals surface area contributed by atoms with Crippen molar-refractivity contribution in [1.82, 2.24) is 0 Å². The number of hydrogen-bond donors (Lipinski definition) is 1. The summed E-state index contributed by atoms with van der Waals surface area (Å²) in [7, 11) is 0. The summed E-state index contributed by atoms with van der Waals surface area (Å²) in [5.41, 5.74) is 0. The molecule has 2 rings (SSSR count). The first-order valence-corrected chi connectivity index (χ1v) is 3.66. The van der Waals surface area contributed by atoms with E-state index >= 15 is 0 Å². The molecule has 1 saturated carbocycles. The van der Waals surface area contributed by atoms with Gasteiger partial charge < -0.3 is 9.84 Å². The fourth-order valence-electron chi connectivity index (χ4n) is 1.65. The summed E-state index contributed by atoms with van der Waals surface area (Å²) in [6.07, 6.45) is 4.54. The van der Waals surface area contributed by atoms with Crippen molar-refractivity contribution < 1.29 is 9.84 Å². The van der Waals surface area contributed by atoms with E-state index in [0.29, 0.717) is 24.7 Å². The van der Waals surface area contributed by atoms with Crippen LogP contribution in [-0.2, 0) is 4.74 Å². The van der Waals surface area contributed by atoms with Crippen molar-refractivity contribution in [3.05, 3.63) is 0 Å². The van der Waals surface area contributed by atoms with Crippen LogP contribution >= 0.6 is 0 Å². The summed E-state index contributed by atoms with van der Waals surface area (Å²) in [4.78, 5) is 0. The quantitative estimate of drug-likeness (QED) is 0.523. The molecule has 1 N–H and O–H groups in total. The van der Waals surface area contributed by atoms with E-state index in [1.165, 1.54) is 6.42 Å². The van der Waals surface area contributed by atoms with E-state index in [4.69, 9.17) is 9.84 Å². The molecule has 0 aromatic carbocycles. The minimum atomic E-state index is 0.354. The Morgan fingerprint density at radius 1 is 1.33 bits per heavy atom. The molecule has 0 aromatic rings. The Balaban J connectivity index is 1.86. The molecule has 0 bridgehead atoms. The molecule has 1 heterocycles. The molecule has 1 aliphatic carbocycles. The van der Waals surface area contributed by atoms with Gasteiger partial charge in [-0.25, -0.2) is 0 Å². The van der Waals surface area contributed by atoms with Crippen LogP contribution in [0.2, 0.25) is 0 Å². The predicted octanol–water partition coefficient (Wildman–Crippen LogP) is 0.546. The Labute approximate surface area is 54.8 Å². The zero-order chi connectivity index (χ0) is 6.27. The van der Waals surface area contributed by atoms with Crippen LogP contribution in [0.3, 0.4) is 0 Å². The molecule has 0 aromatic heterocycles. The molecule has 1 saturated heterocycles. The third-order valence-corrected chi connectivity index (χ3v) is 2.37. The Morgan fingerprint density at radius 3 is 2.89 bits per heavy atom. The number of epoxide rings is 1. The second-order valence-electron chi connectivity index (χ2n) is 3.07. The number of aliphatic hydroxyl groups is 1. The number of fused-ring (bicyclic) bond motifs is 1. The van der Waals surface area contributed by atoms with Crippen LogP contribution in [0.5, 0.6) is 0 Å². The fraction of sp³-hybridized carbons (Fsp3) is 1.00. The van der Waals surface area contributed by atoms with Gasteiger partial charge in [0.2, 0.25) is 0 Å². The van der Waals surface area contributed by atoms with Crippen LogP contribution in [0, 0.1) is 5.92 Å². The highest BCUT2D eigenvalue weighted by atomic mass is 16.6. The highest BCUT2D eigenvalue weighted by Gasteiger charge is 2.43. The summed E-state index contributed by atoms with van der Waals surface area (Å²) < 4.78 is 5.30. The van der Waals surface area contributed by atoms with E-state index < -0.39 is 0 Å². The SMILES string of the molecule is OC[C@@H]1CCC2OC2C1. The van der Waals surface area contributed by atoms with E-state index in [0.717, 1.165) is 12.8 Å². The molecule has 2 heteroatoms. The molecule has 2 nitrogen and oxygen atoms in total. The summed E-state index contributed by atoms with van der Waals surface area (Å²) in [5, 5.41) is 8.77. The molecule has 2 unspecified atom stereocenters. The average Bonchev–Trinajstić information content (AvgIpc) is 2.64. The monoisotopic (exact) mass is 128 g/mol. The topological polar surface area (TPSA) is 32.8 Å². The first-order valence-electron chi connectivity index (χ1n) is 3.66. The van der Waals surface area contributed by atoms with Gasteiger partial charge in [0.1, 0.15) is 0 Å². The van der Waals surface area contributed by atoms with Gasteiger partial charge in [-0.2, -0.15) is 0 Å². The van der Waals surface area contributed by atoms with Crippen molar-refractivity contribution in [3.8, 4) is 0 Å². The maximum atomic E-state index is 8.77. The highest BCUT2D eigenvalue weighted by Crippen LogP contribution is 2.38. The van der Waals surface area contributed by atoms with Gasteiger partial charge in [-0.05, 0) is 25.2 Å². The second-order valence-corrected chi connectivity index (χ2v) is 3.07.